The van der Waals surface area contributed by atoms with Crippen molar-refractivity contribution in [2.24, 2.45) is 0 Å². The molecule has 0 aliphatic rings. The van der Waals surface area contributed by atoms with Gasteiger partial charge in [-0.05, 0) is 0 Å². The number of aromatic hydroxyl groups is 3. The van der Waals surface area contributed by atoms with Gasteiger partial charge in [0.05, 0.1) is 0 Å². The van der Waals surface area contributed by atoms with Gasteiger partial charge in [-0.25, -0.2) is 0 Å². The quantitative estimate of drug-likeness (QED) is 0.473. The molecule has 3 rings (SSSR count). The van der Waals surface area contributed by atoms with Crippen LogP contribution in [0, 0.1) is 0 Å². The van der Waals surface area contributed by atoms with Crippen molar-refractivity contribution in [2.45, 2.75) is 0 Å². The number of benzene rings is 2. The third kappa shape index (κ3) is 2.47. The van der Waals surface area contributed by atoms with Crippen LogP contribution in [-0.2, 0) is 0 Å². The summed E-state index contributed by atoms with van der Waals surface area (Å²) in [5.74, 6) is -1.67. The molecule has 5 nitrogen and oxygen atoms in total. The Morgan fingerprint density at radius 1 is 0.905 bits per heavy atom. The van der Waals surface area contributed by atoms with Crippen molar-refractivity contribution < 1.29 is 19.7 Å². The highest BCUT2D eigenvalue weighted by molar-refractivity contribution is 5.89. The summed E-state index contributed by atoms with van der Waals surface area (Å²) in [4.78, 5) is 12.0. The number of phenolic OH excluding ortho intramolecular Hbond substituents is 3. The molecule has 0 spiro atoms. The molecular weight excluding hydrogens is 287 g/mol. The van der Waals surface area contributed by atoms with Crippen molar-refractivity contribution >= 4 is 28.3 Å². The Balaban J connectivity index is 0.00000161. The molecule has 0 aliphatic carbocycles. The Morgan fingerprint density at radius 3 is 2.24 bits per heavy atom. The van der Waals surface area contributed by atoms with E-state index in [0.29, 0.717) is 11.3 Å². The Kier molecular flexibility index (Phi) is 3.94. The van der Waals surface area contributed by atoms with E-state index in [1.807, 2.05) is 6.07 Å². The smallest absolute Gasteiger partial charge is 0.201 e. The second-order valence-electron chi connectivity index (χ2n) is 4.31. The molecule has 0 atom stereocenters. The van der Waals surface area contributed by atoms with E-state index in [-0.39, 0.29) is 28.3 Å². The standard InChI is InChI=1S/C15H10O5.Al/c16-9-6-11(8-4-2-1-3-5-8)20-12-7-10(17)14(18)15(19)13(9)12;/h1-7,17-19H;. The van der Waals surface area contributed by atoms with E-state index in [2.05, 4.69) is 0 Å². The fraction of sp³-hybridized carbons (Fsp3) is 0. The molecule has 3 radical (unpaired) electrons. The molecule has 0 amide bonds. The second kappa shape index (κ2) is 5.52. The van der Waals surface area contributed by atoms with Crippen LogP contribution in [0.4, 0.5) is 0 Å². The molecule has 0 unspecified atom stereocenters. The maximum Gasteiger partial charge on any atom is 0.201 e. The van der Waals surface area contributed by atoms with Gasteiger partial charge in [0, 0.05) is 35.1 Å². The van der Waals surface area contributed by atoms with E-state index < -0.39 is 22.7 Å². The third-order valence-electron chi connectivity index (χ3n) is 3.00. The van der Waals surface area contributed by atoms with Gasteiger partial charge in [0.25, 0.3) is 0 Å². The zero-order chi connectivity index (χ0) is 14.3. The van der Waals surface area contributed by atoms with Crippen LogP contribution in [-0.4, -0.2) is 32.7 Å². The molecule has 0 saturated carbocycles. The summed E-state index contributed by atoms with van der Waals surface area (Å²) in [6.45, 7) is 0. The molecule has 103 valence electrons. The molecule has 3 N–H and O–H groups in total. The van der Waals surface area contributed by atoms with Crippen LogP contribution < -0.4 is 5.43 Å². The Hall–Kier alpha value is -2.42. The largest absolute Gasteiger partial charge is 0.504 e. The molecule has 0 aliphatic heterocycles. The molecule has 3 aromatic rings. The monoisotopic (exact) mass is 297 g/mol. The van der Waals surface area contributed by atoms with Gasteiger partial charge in [0.15, 0.2) is 16.9 Å². The summed E-state index contributed by atoms with van der Waals surface area (Å²) in [6.07, 6.45) is 0. The lowest BCUT2D eigenvalue weighted by Gasteiger charge is -2.06. The van der Waals surface area contributed by atoms with Crippen molar-refractivity contribution in [3.63, 3.8) is 0 Å². The molecule has 2 aromatic carbocycles. The summed E-state index contributed by atoms with van der Waals surface area (Å²) in [6, 6.07) is 11.3. The Bertz CT molecular complexity index is 855. The van der Waals surface area contributed by atoms with E-state index in [9.17, 15) is 20.1 Å². The first-order valence-electron chi connectivity index (χ1n) is 5.85. The predicted molar refractivity (Wildman–Crippen MR) is 78.7 cm³/mol. The van der Waals surface area contributed by atoms with Gasteiger partial charge < -0.3 is 19.7 Å². The number of rotatable bonds is 1. The van der Waals surface area contributed by atoms with Crippen LogP contribution in [0.2, 0.25) is 0 Å². The lowest BCUT2D eigenvalue weighted by molar-refractivity contribution is 0.370. The highest BCUT2D eigenvalue weighted by Gasteiger charge is 2.17. The molecule has 21 heavy (non-hydrogen) atoms. The lowest BCUT2D eigenvalue weighted by atomic mass is 10.1. The highest BCUT2D eigenvalue weighted by atomic mass is 27.0. The van der Waals surface area contributed by atoms with Gasteiger partial charge in [-0.3, -0.25) is 4.79 Å². The minimum absolute atomic E-state index is 0. The van der Waals surface area contributed by atoms with E-state index in [0.717, 1.165) is 6.07 Å². The topological polar surface area (TPSA) is 90.9 Å². The van der Waals surface area contributed by atoms with Gasteiger partial charge in [-0.1, -0.05) is 30.3 Å². The van der Waals surface area contributed by atoms with Crippen molar-refractivity contribution in [1.82, 2.24) is 0 Å². The van der Waals surface area contributed by atoms with Gasteiger partial charge in [0.2, 0.25) is 5.75 Å². The van der Waals surface area contributed by atoms with Crippen LogP contribution in [0.1, 0.15) is 0 Å². The van der Waals surface area contributed by atoms with Gasteiger partial charge in [-0.15, -0.1) is 0 Å². The van der Waals surface area contributed by atoms with Crippen LogP contribution in [0.25, 0.3) is 22.3 Å². The first-order chi connectivity index (χ1) is 9.58. The first kappa shape index (κ1) is 15.0. The normalized spacial score (nSPS) is 10.3. The van der Waals surface area contributed by atoms with Gasteiger partial charge in [-0.2, -0.15) is 0 Å². The van der Waals surface area contributed by atoms with E-state index >= 15 is 0 Å². The average Bonchev–Trinajstić information content (AvgIpc) is 2.45. The maximum atomic E-state index is 12.0. The molecule has 0 bridgehead atoms. The Labute approximate surface area is 129 Å². The molecule has 1 heterocycles. The SMILES string of the molecule is O=c1cc(-c2ccccc2)oc2cc(O)c(O)c(O)c12.[Al]. The summed E-state index contributed by atoms with van der Waals surface area (Å²) in [5, 5.41) is 28.5. The Morgan fingerprint density at radius 2 is 1.57 bits per heavy atom. The van der Waals surface area contributed by atoms with Crippen molar-refractivity contribution in [3.8, 4) is 28.6 Å². The zero-order valence-corrected chi connectivity index (χ0v) is 11.9. The maximum absolute atomic E-state index is 12.0. The van der Waals surface area contributed by atoms with Crippen LogP contribution in [0.3, 0.4) is 0 Å². The van der Waals surface area contributed by atoms with Gasteiger partial charge >= 0.3 is 0 Å². The van der Waals surface area contributed by atoms with Crippen LogP contribution in [0.15, 0.2) is 51.7 Å². The first-order valence-corrected chi connectivity index (χ1v) is 5.85. The minimum atomic E-state index is -0.739. The highest BCUT2D eigenvalue weighted by Crippen LogP contribution is 2.40. The second-order valence-corrected chi connectivity index (χ2v) is 4.31. The summed E-state index contributed by atoms with van der Waals surface area (Å²) < 4.78 is 5.51. The molecule has 0 fully saturated rings. The van der Waals surface area contributed by atoms with Crippen molar-refractivity contribution in [1.29, 1.82) is 0 Å². The predicted octanol–water partition coefficient (Wildman–Crippen LogP) is 2.20. The minimum Gasteiger partial charge on any atom is -0.504 e. The molecule has 0 saturated heterocycles. The van der Waals surface area contributed by atoms with E-state index in [4.69, 9.17) is 4.42 Å². The lowest BCUT2D eigenvalue weighted by Crippen LogP contribution is -2.00. The van der Waals surface area contributed by atoms with E-state index in [1.165, 1.54) is 6.07 Å². The fourth-order valence-corrected chi connectivity index (χ4v) is 2.02. The summed E-state index contributed by atoms with van der Waals surface area (Å²) >= 11 is 0. The molecule has 6 heteroatoms. The fourth-order valence-electron chi connectivity index (χ4n) is 2.02. The molecular formula is C15H10AlO5. The van der Waals surface area contributed by atoms with Gasteiger partial charge in [0.1, 0.15) is 16.7 Å². The summed E-state index contributed by atoms with van der Waals surface area (Å²) in [5.41, 5.74) is 0.195. The number of phenols is 3. The average molecular weight is 297 g/mol. The number of hydrogen-bond donors (Lipinski definition) is 3. The number of fused-ring (bicyclic) bond motifs is 1. The summed E-state index contributed by atoms with van der Waals surface area (Å²) in [7, 11) is 0. The van der Waals surface area contributed by atoms with E-state index in [1.54, 1.807) is 24.3 Å². The zero-order valence-electron chi connectivity index (χ0n) is 10.8. The molecule has 1 aromatic heterocycles. The van der Waals surface area contributed by atoms with Crippen molar-refractivity contribution in [3.05, 3.63) is 52.7 Å². The van der Waals surface area contributed by atoms with Crippen LogP contribution in [0.5, 0.6) is 17.2 Å². The number of hydrogen-bond acceptors (Lipinski definition) is 5. The van der Waals surface area contributed by atoms with Crippen molar-refractivity contribution in [2.75, 3.05) is 0 Å². The third-order valence-corrected chi connectivity index (χ3v) is 3.00. The van der Waals surface area contributed by atoms with Crippen LogP contribution >= 0.6 is 0 Å².